The van der Waals surface area contributed by atoms with Crippen molar-refractivity contribution in [1.82, 2.24) is 19.9 Å². The van der Waals surface area contributed by atoms with Crippen molar-refractivity contribution in [3.8, 4) is 5.75 Å². The highest BCUT2D eigenvalue weighted by atomic mass is 19.1. The van der Waals surface area contributed by atoms with E-state index in [1.165, 1.54) is 23.6 Å². The topological polar surface area (TPSA) is 63.5 Å². The number of aromatic nitrogens is 3. The van der Waals surface area contributed by atoms with Crippen molar-refractivity contribution in [3.63, 3.8) is 0 Å². The van der Waals surface area contributed by atoms with Gasteiger partial charge < -0.3 is 9.64 Å². The Kier molecular flexibility index (Phi) is 6.76. The highest BCUT2D eigenvalue weighted by Gasteiger charge is 2.24. The summed E-state index contributed by atoms with van der Waals surface area (Å²) in [5.74, 6) is 0.811. The number of halogens is 1. The van der Waals surface area contributed by atoms with Gasteiger partial charge in [0.15, 0.2) is 0 Å². The van der Waals surface area contributed by atoms with E-state index in [-0.39, 0.29) is 23.4 Å². The zero-order chi connectivity index (χ0) is 23.5. The summed E-state index contributed by atoms with van der Waals surface area (Å²) in [5, 5.41) is 8.92. The molecule has 1 unspecified atom stereocenters. The molecule has 0 N–H and O–H groups in total. The second-order valence-electron chi connectivity index (χ2n) is 9.62. The average Bonchev–Trinajstić information content (AvgIpc) is 3.36. The van der Waals surface area contributed by atoms with Crippen molar-refractivity contribution < 1.29 is 9.13 Å². The van der Waals surface area contributed by atoms with E-state index in [9.17, 15) is 9.18 Å². The van der Waals surface area contributed by atoms with E-state index in [0.29, 0.717) is 17.4 Å². The lowest BCUT2D eigenvalue weighted by atomic mass is 10.1. The van der Waals surface area contributed by atoms with E-state index < -0.39 is 0 Å². The maximum absolute atomic E-state index is 14.1. The van der Waals surface area contributed by atoms with Gasteiger partial charge in [-0.3, -0.25) is 9.69 Å². The van der Waals surface area contributed by atoms with Crippen LogP contribution in [0.15, 0.2) is 47.3 Å². The summed E-state index contributed by atoms with van der Waals surface area (Å²) in [4.78, 5) is 17.4. The molecule has 1 atom stereocenters. The van der Waals surface area contributed by atoms with Gasteiger partial charge in [0.2, 0.25) is 0 Å². The second-order valence-corrected chi connectivity index (χ2v) is 9.62. The van der Waals surface area contributed by atoms with Crippen molar-refractivity contribution in [2.24, 2.45) is 5.92 Å². The van der Waals surface area contributed by atoms with Gasteiger partial charge in [-0.1, -0.05) is 24.3 Å². The van der Waals surface area contributed by atoms with Gasteiger partial charge in [-0.2, -0.15) is 0 Å². The SMILES string of the molecule is CC(CN1CCN(c2cc(F)ccc2OC2CCCC2)CC1)Cn1nnc2ccccc2c1=O. The molecule has 1 saturated heterocycles. The highest BCUT2D eigenvalue weighted by Crippen LogP contribution is 2.33. The Morgan fingerprint density at radius 3 is 2.62 bits per heavy atom. The molecule has 1 aliphatic heterocycles. The monoisotopic (exact) mass is 465 g/mol. The summed E-state index contributed by atoms with van der Waals surface area (Å²) in [7, 11) is 0. The number of hydrogen-bond acceptors (Lipinski definition) is 6. The fraction of sp³-hybridized carbons (Fsp3) is 0.500. The van der Waals surface area contributed by atoms with Gasteiger partial charge >= 0.3 is 0 Å². The minimum absolute atomic E-state index is 0.0943. The molecule has 1 aromatic heterocycles. The van der Waals surface area contributed by atoms with Crippen LogP contribution in [0.5, 0.6) is 5.75 Å². The minimum atomic E-state index is -0.230. The molecule has 5 rings (SSSR count). The lowest BCUT2D eigenvalue weighted by Gasteiger charge is -2.38. The third-order valence-corrected chi connectivity index (χ3v) is 6.91. The van der Waals surface area contributed by atoms with E-state index in [1.807, 2.05) is 12.1 Å². The summed E-state index contributed by atoms with van der Waals surface area (Å²) in [6, 6.07) is 12.2. The van der Waals surface area contributed by atoms with Crippen LogP contribution in [0.4, 0.5) is 10.1 Å². The number of anilines is 1. The molecule has 7 nitrogen and oxygen atoms in total. The Balaban J connectivity index is 1.19. The van der Waals surface area contributed by atoms with Crippen molar-refractivity contribution in [1.29, 1.82) is 0 Å². The minimum Gasteiger partial charge on any atom is -0.488 e. The first-order valence-corrected chi connectivity index (χ1v) is 12.3. The molecule has 8 heteroatoms. The Labute approximate surface area is 199 Å². The molecule has 1 saturated carbocycles. The van der Waals surface area contributed by atoms with Crippen molar-refractivity contribution in [3.05, 3.63) is 58.6 Å². The Morgan fingerprint density at radius 1 is 1.06 bits per heavy atom. The van der Waals surface area contributed by atoms with Crippen molar-refractivity contribution >= 4 is 16.6 Å². The van der Waals surface area contributed by atoms with Gasteiger partial charge in [-0.25, -0.2) is 9.07 Å². The standard InChI is InChI=1S/C26H32FN5O2/c1-19(18-32-26(33)22-8-4-5-9-23(22)28-29-32)17-30-12-14-31(15-13-30)24-16-20(27)10-11-25(24)34-21-6-2-3-7-21/h4-5,8-11,16,19,21H,2-3,6-7,12-15,17-18H2,1H3. The number of nitrogens with zero attached hydrogens (tertiary/aromatic N) is 5. The van der Waals surface area contributed by atoms with Crippen LogP contribution in [0.25, 0.3) is 10.9 Å². The number of benzene rings is 2. The zero-order valence-corrected chi connectivity index (χ0v) is 19.7. The lowest BCUT2D eigenvalue weighted by Crippen LogP contribution is -2.48. The van der Waals surface area contributed by atoms with Crippen LogP contribution in [0.2, 0.25) is 0 Å². The first-order chi connectivity index (χ1) is 16.6. The van der Waals surface area contributed by atoms with E-state index in [1.54, 1.807) is 24.3 Å². The molecule has 180 valence electrons. The van der Waals surface area contributed by atoms with Gasteiger partial charge in [0.05, 0.1) is 23.7 Å². The summed E-state index contributed by atoms with van der Waals surface area (Å²) in [6.07, 6.45) is 4.80. The van der Waals surface area contributed by atoms with Crippen molar-refractivity contribution in [2.45, 2.75) is 45.3 Å². The second kappa shape index (κ2) is 10.1. The molecule has 34 heavy (non-hydrogen) atoms. The Morgan fingerprint density at radius 2 is 1.82 bits per heavy atom. The molecule has 1 aliphatic carbocycles. The zero-order valence-electron chi connectivity index (χ0n) is 19.7. The number of hydrogen-bond donors (Lipinski definition) is 0. The predicted molar refractivity (Wildman–Crippen MR) is 131 cm³/mol. The quantitative estimate of drug-likeness (QED) is 0.530. The normalized spacial score (nSPS) is 18.5. The van der Waals surface area contributed by atoms with Crippen LogP contribution >= 0.6 is 0 Å². The Hall–Kier alpha value is -3.00. The highest BCUT2D eigenvalue weighted by molar-refractivity contribution is 5.76. The summed E-state index contributed by atoms with van der Waals surface area (Å²) >= 11 is 0. The van der Waals surface area contributed by atoms with Gasteiger partial charge in [-0.05, 0) is 55.9 Å². The number of fused-ring (bicyclic) bond motifs is 1. The van der Waals surface area contributed by atoms with Crippen LogP contribution in [0, 0.1) is 11.7 Å². The van der Waals surface area contributed by atoms with E-state index >= 15 is 0 Å². The summed E-state index contributed by atoms with van der Waals surface area (Å²) < 4.78 is 21.8. The largest absolute Gasteiger partial charge is 0.488 e. The number of ether oxygens (including phenoxy) is 1. The smallest absolute Gasteiger partial charge is 0.277 e. The fourth-order valence-corrected chi connectivity index (χ4v) is 5.13. The van der Waals surface area contributed by atoms with Crippen LogP contribution in [-0.4, -0.2) is 58.7 Å². The van der Waals surface area contributed by atoms with Crippen LogP contribution in [0.3, 0.4) is 0 Å². The average molecular weight is 466 g/mol. The maximum atomic E-state index is 14.1. The van der Waals surface area contributed by atoms with Gasteiger partial charge in [0.1, 0.15) is 17.1 Å². The van der Waals surface area contributed by atoms with Crippen molar-refractivity contribution in [2.75, 3.05) is 37.6 Å². The molecule has 0 radical (unpaired) electrons. The first-order valence-electron chi connectivity index (χ1n) is 12.3. The molecular formula is C26H32FN5O2. The Bertz CT molecular complexity index is 1190. The third kappa shape index (κ3) is 5.06. The fourth-order valence-electron chi connectivity index (χ4n) is 5.13. The molecule has 0 spiro atoms. The number of piperazine rings is 1. The molecule has 2 heterocycles. The number of rotatable bonds is 7. The lowest BCUT2D eigenvalue weighted by molar-refractivity contribution is 0.202. The predicted octanol–water partition coefficient (Wildman–Crippen LogP) is 3.71. The van der Waals surface area contributed by atoms with Crippen LogP contribution < -0.4 is 15.2 Å². The third-order valence-electron chi connectivity index (χ3n) is 6.91. The maximum Gasteiger partial charge on any atom is 0.277 e. The molecule has 2 fully saturated rings. The molecule has 2 aromatic carbocycles. The molecular weight excluding hydrogens is 433 g/mol. The summed E-state index contributed by atoms with van der Waals surface area (Å²) in [5.41, 5.74) is 1.39. The first kappa shape index (κ1) is 22.8. The van der Waals surface area contributed by atoms with Gasteiger partial charge in [0, 0.05) is 38.8 Å². The summed E-state index contributed by atoms with van der Waals surface area (Å²) in [6.45, 7) is 6.91. The van der Waals surface area contributed by atoms with Gasteiger partial charge in [-0.15, -0.1) is 5.10 Å². The van der Waals surface area contributed by atoms with E-state index in [0.717, 1.165) is 57.0 Å². The molecule has 0 amide bonds. The van der Waals surface area contributed by atoms with E-state index in [2.05, 4.69) is 27.0 Å². The molecule has 3 aromatic rings. The van der Waals surface area contributed by atoms with Crippen LogP contribution in [0.1, 0.15) is 32.6 Å². The molecule has 0 bridgehead atoms. The van der Waals surface area contributed by atoms with Crippen LogP contribution in [-0.2, 0) is 6.54 Å². The van der Waals surface area contributed by atoms with E-state index in [4.69, 9.17) is 4.74 Å². The molecule has 2 aliphatic rings. The van der Waals surface area contributed by atoms with Gasteiger partial charge in [0.25, 0.3) is 5.56 Å².